The summed E-state index contributed by atoms with van der Waals surface area (Å²) in [5, 5.41) is -0.159. The molecule has 2 aromatic carbocycles. The van der Waals surface area contributed by atoms with Crippen molar-refractivity contribution in [1.29, 1.82) is 0 Å². The molecule has 3 rings (SSSR count). The van der Waals surface area contributed by atoms with Crippen molar-refractivity contribution in [3.8, 4) is 11.1 Å². The fraction of sp³-hybridized carbons (Fsp3) is 0.0769. The van der Waals surface area contributed by atoms with E-state index in [1.165, 1.54) is 6.07 Å². The molecule has 1 aliphatic rings. The fourth-order valence-electron chi connectivity index (χ4n) is 2.17. The summed E-state index contributed by atoms with van der Waals surface area (Å²) in [6, 6.07) is 9.08. The number of hydrogen-bond acceptors (Lipinski definition) is 0. The predicted octanol–water partition coefficient (Wildman–Crippen LogP) is 4.19. The van der Waals surface area contributed by atoms with Crippen LogP contribution in [0.5, 0.6) is 0 Å². The van der Waals surface area contributed by atoms with Crippen molar-refractivity contribution in [1.82, 2.24) is 0 Å². The maximum absolute atomic E-state index is 13.7. The third-order valence-electron chi connectivity index (χ3n) is 2.94. The summed E-state index contributed by atoms with van der Waals surface area (Å²) in [6.45, 7) is 0. The lowest BCUT2D eigenvalue weighted by molar-refractivity contribution is 0.502. The van der Waals surface area contributed by atoms with Gasteiger partial charge in [-0.15, -0.1) is 0 Å². The first-order valence-corrected chi connectivity index (χ1v) is 5.31. The van der Waals surface area contributed by atoms with Gasteiger partial charge in [-0.1, -0.05) is 35.9 Å². The standard InChI is InChI=1S/C13H7ClF2/c14-11-6-9-8-4-2-1-3-7(8)5-10(9)12(15)13(11)16/h1-4,6H,5H2. The maximum Gasteiger partial charge on any atom is 0.177 e. The SMILES string of the molecule is Fc1c(Cl)cc2c(c1F)Cc1ccccc1-2. The van der Waals surface area contributed by atoms with Crippen LogP contribution in [0.3, 0.4) is 0 Å². The maximum atomic E-state index is 13.7. The van der Waals surface area contributed by atoms with Crippen LogP contribution in [0.15, 0.2) is 30.3 Å². The Labute approximate surface area is 96.5 Å². The van der Waals surface area contributed by atoms with E-state index in [0.29, 0.717) is 17.5 Å². The summed E-state index contributed by atoms with van der Waals surface area (Å²) in [4.78, 5) is 0. The Balaban J connectivity index is 2.34. The molecule has 1 aliphatic carbocycles. The second-order valence-corrected chi connectivity index (χ2v) is 4.25. The molecule has 0 bridgehead atoms. The highest BCUT2D eigenvalue weighted by molar-refractivity contribution is 6.31. The largest absolute Gasteiger partial charge is 0.203 e. The average Bonchev–Trinajstić information content (AvgIpc) is 2.65. The molecular weight excluding hydrogens is 230 g/mol. The Morgan fingerprint density at radius 1 is 1.00 bits per heavy atom. The van der Waals surface area contributed by atoms with Gasteiger partial charge in [-0.3, -0.25) is 0 Å². The van der Waals surface area contributed by atoms with E-state index in [4.69, 9.17) is 11.6 Å². The average molecular weight is 237 g/mol. The Hall–Kier alpha value is -1.41. The minimum absolute atomic E-state index is 0.159. The highest BCUT2D eigenvalue weighted by Crippen LogP contribution is 2.40. The quantitative estimate of drug-likeness (QED) is 0.514. The lowest BCUT2D eigenvalue weighted by atomic mass is 10.1. The van der Waals surface area contributed by atoms with Gasteiger partial charge in [-0.05, 0) is 22.8 Å². The van der Waals surface area contributed by atoms with E-state index in [1.54, 1.807) is 0 Å². The number of halogens is 3. The zero-order valence-electron chi connectivity index (χ0n) is 8.23. The van der Waals surface area contributed by atoms with Crippen LogP contribution in [0.2, 0.25) is 5.02 Å². The first kappa shape index (κ1) is 9.79. The molecule has 2 aromatic rings. The Morgan fingerprint density at radius 3 is 2.56 bits per heavy atom. The zero-order chi connectivity index (χ0) is 11.3. The molecule has 0 unspecified atom stereocenters. The molecule has 0 aromatic heterocycles. The van der Waals surface area contributed by atoms with Crippen molar-refractivity contribution in [2.24, 2.45) is 0 Å². The van der Waals surface area contributed by atoms with Crippen LogP contribution in [0.25, 0.3) is 11.1 Å². The summed E-state index contributed by atoms with van der Waals surface area (Å²) in [5.41, 5.74) is 3.07. The van der Waals surface area contributed by atoms with Crippen molar-refractivity contribution in [3.63, 3.8) is 0 Å². The van der Waals surface area contributed by atoms with Crippen molar-refractivity contribution in [2.45, 2.75) is 6.42 Å². The second kappa shape index (κ2) is 3.29. The van der Waals surface area contributed by atoms with Crippen molar-refractivity contribution < 1.29 is 8.78 Å². The molecule has 0 N–H and O–H groups in total. The van der Waals surface area contributed by atoms with E-state index in [1.807, 2.05) is 24.3 Å². The van der Waals surface area contributed by atoms with Crippen molar-refractivity contribution >= 4 is 11.6 Å². The van der Waals surface area contributed by atoms with Crippen LogP contribution in [0, 0.1) is 11.6 Å². The third kappa shape index (κ3) is 1.20. The van der Waals surface area contributed by atoms with E-state index in [0.717, 1.165) is 11.1 Å². The fourth-order valence-corrected chi connectivity index (χ4v) is 2.37. The molecule has 0 spiro atoms. The van der Waals surface area contributed by atoms with Crippen LogP contribution in [-0.2, 0) is 6.42 Å². The van der Waals surface area contributed by atoms with E-state index in [-0.39, 0.29) is 5.02 Å². The van der Waals surface area contributed by atoms with Crippen molar-refractivity contribution in [2.75, 3.05) is 0 Å². The van der Waals surface area contributed by atoms with Gasteiger partial charge in [0, 0.05) is 12.0 Å². The lowest BCUT2D eigenvalue weighted by Gasteiger charge is -2.04. The molecular formula is C13H7ClF2. The van der Waals surface area contributed by atoms with Gasteiger partial charge >= 0.3 is 0 Å². The van der Waals surface area contributed by atoms with Crippen LogP contribution < -0.4 is 0 Å². The molecule has 0 nitrogen and oxygen atoms in total. The second-order valence-electron chi connectivity index (χ2n) is 3.85. The van der Waals surface area contributed by atoms with Crippen molar-refractivity contribution in [3.05, 3.63) is 58.1 Å². The van der Waals surface area contributed by atoms with Gasteiger partial charge < -0.3 is 0 Å². The van der Waals surface area contributed by atoms with Crippen LogP contribution in [0.4, 0.5) is 8.78 Å². The van der Waals surface area contributed by atoms with Crippen LogP contribution in [-0.4, -0.2) is 0 Å². The first-order valence-electron chi connectivity index (χ1n) is 4.93. The van der Waals surface area contributed by atoms with E-state index >= 15 is 0 Å². The molecule has 16 heavy (non-hydrogen) atoms. The van der Waals surface area contributed by atoms with E-state index in [2.05, 4.69) is 0 Å². The summed E-state index contributed by atoms with van der Waals surface area (Å²) in [5.74, 6) is -1.77. The third-order valence-corrected chi connectivity index (χ3v) is 3.21. The van der Waals surface area contributed by atoms with Crippen LogP contribution >= 0.6 is 11.6 Å². The molecule has 0 saturated carbocycles. The predicted molar refractivity (Wildman–Crippen MR) is 59.6 cm³/mol. The monoisotopic (exact) mass is 236 g/mol. The Morgan fingerprint density at radius 2 is 1.75 bits per heavy atom. The molecule has 0 saturated heterocycles. The summed E-state index contributed by atoms with van der Waals surface area (Å²) in [6.07, 6.45) is 0.436. The molecule has 80 valence electrons. The van der Waals surface area contributed by atoms with Gasteiger partial charge in [0.1, 0.15) is 0 Å². The Kier molecular flexibility index (Phi) is 2.01. The summed E-state index contributed by atoms with van der Waals surface area (Å²) >= 11 is 5.65. The van der Waals surface area contributed by atoms with Gasteiger partial charge in [0.2, 0.25) is 0 Å². The highest BCUT2D eigenvalue weighted by Gasteiger charge is 2.25. The lowest BCUT2D eigenvalue weighted by Crippen LogP contribution is -1.93. The summed E-state index contributed by atoms with van der Waals surface area (Å²) in [7, 11) is 0. The van der Waals surface area contributed by atoms with Gasteiger partial charge in [0.05, 0.1) is 5.02 Å². The van der Waals surface area contributed by atoms with Gasteiger partial charge in [-0.2, -0.15) is 0 Å². The number of benzene rings is 2. The van der Waals surface area contributed by atoms with Crippen LogP contribution in [0.1, 0.15) is 11.1 Å². The Bertz CT molecular complexity index is 591. The van der Waals surface area contributed by atoms with Gasteiger partial charge in [0.15, 0.2) is 11.6 Å². The number of fused-ring (bicyclic) bond motifs is 3. The molecule has 0 amide bonds. The molecule has 0 fully saturated rings. The molecule has 0 radical (unpaired) electrons. The first-order chi connectivity index (χ1) is 7.68. The smallest absolute Gasteiger partial charge is 0.177 e. The minimum atomic E-state index is -0.951. The normalized spacial score (nSPS) is 12.4. The molecule has 3 heteroatoms. The topological polar surface area (TPSA) is 0 Å². The minimum Gasteiger partial charge on any atom is -0.203 e. The molecule has 0 aliphatic heterocycles. The molecule has 0 heterocycles. The van der Waals surface area contributed by atoms with Gasteiger partial charge in [-0.25, -0.2) is 8.78 Å². The summed E-state index contributed by atoms with van der Waals surface area (Å²) < 4.78 is 27.0. The van der Waals surface area contributed by atoms with E-state index in [9.17, 15) is 8.78 Å². The number of hydrogen-bond donors (Lipinski definition) is 0. The van der Waals surface area contributed by atoms with E-state index < -0.39 is 11.6 Å². The number of rotatable bonds is 0. The zero-order valence-corrected chi connectivity index (χ0v) is 8.98. The highest BCUT2D eigenvalue weighted by atomic mass is 35.5. The van der Waals surface area contributed by atoms with Gasteiger partial charge in [0.25, 0.3) is 0 Å². The molecule has 0 atom stereocenters.